The number of rotatable bonds is 7. The average Bonchev–Trinajstić information content (AvgIpc) is 3.24. The lowest BCUT2D eigenvalue weighted by atomic mass is 9.95. The molecule has 9 aromatic rings. The van der Waals surface area contributed by atoms with Crippen LogP contribution in [0.2, 0.25) is 0 Å². The van der Waals surface area contributed by atoms with Gasteiger partial charge in [0.25, 0.3) is 0 Å². The Kier molecular flexibility index (Phi) is 8.73. The van der Waals surface area contributed by atoms with Crippen LogP contribution in [-0.2, 0) is 0 Å². The zero-order valence-corrected chi connectivity index (χ0v) is 30.6. The fourth-order valence-electron chi connectivity index (χ4n) is 7.35. The molecule has 6 aromatic carbocycles. The highest BCUT2D eigenvalue weighted by atomic mass is 14.9. The molecule has 0 aliphatic heterocycles. The molecule has 0 aliphatic rings. The van der Waals surface area contributed by atoms with E-state index in [2.05, 4.69) is 134 Å². The second-order valence-electron chi connectivity index (χ2n) is 13.8. The molecule has 0 fully saturated rings. The highest BCUT2D eigenvalue weighted by Crippen LogP contribution is 2.36. The van der Waals surface area contributed by atoms with Crippen molar-refractivity contribution in [2.45, 2.75) is 13.8 Å². The maximum Gasteiger partial charge on any atom is 0.160 e. The zero-order chi connectivity index (χ0) is 37.3. The largest absolute Gasteiger partial charge is 0.405 e. The maximum atomic E-state index is 5.79. The Morgan fingerprint density at radius 2 is 1.05 bits per heavy atom. The highest BCUT2D eigenvalue weighted by Gasteiger charge is 2.15. The first-order chi connectivity index (χ1) is 27.0. The third-order valence-electron chi connectivity index (χ3n) is 10.1. The second-order valence-corrected chi connectivity index (χ2v) is 13.8. The Morgan fingerprint density at radius 1 is 0.418 bits per heavy atom. The number of hydrogen-bond donors (Lipinski definition) is 1. The van der Waals surface area contributed by atoms with E-state index in [0.717, 1.165) is 100 Å². The summed E-state index contributed by atoms with van der Waals surface area (Å²) in [5.74, 6) is 0.665. The van der Waals surface area contributed by atoms with Crippen LogP contribution >= 0.6 is 0 Å². The summed E-state index contributed by atoms with van der Waals surface area (Å²) in [7, 11) is 0. The first kappa shape index (κ1) is 33.6. The summed E-state index contributed by atoms with van der Waals surface area (Å²) >= 11 is 0. The van der Waals surface area contributed by atoms with E-state index < -0.39 is 0 Å². The number of aromatic nitrogens is 4. The van der Waals surface area contributed by atoms with Gasteiger partial charge < -0.3 is 5.73 Å². The van der Waals surface area contributed by atoms with Gasteiger partial charge >= 0.3 is 0 Å². The Bertz CT molecular complexity index is 2890. The van der Waals surface area contributed by atoms with Crippen molar-refractivity contribution in [3.8, 4) is 67.3 Å². The number of nitrogens with two attached hydrogens (primary N) is 1. The molecule has 9 rings (SSSR count). The van der Waals surface area contributed by atoms with Crippen molar-refractivity contribution < 1.29 is 0 Å². The molecule has 0 aliphatic carbocycles. The van der Waals surface area contributed by atoms with Crippen LogP contribution in [0.1, 0.15) is 17.0 Å². The standard InChI is InChI=1S/C50H37N5/c1-32-18-19-38-24-25-44-45(28-33(2)53-49(44)48(38)52-32)36-22-20-34(21-23-36)39-13-8-15-41(29-39)47-31-46(37-11-4-3-5-12-37)54-50(55-47)42-16-9-14-40(30-42)43-17-7-6-10-35(43)26-27-51/h3-31H,51H2,1-2H3/b27-26-. The summed E-state index contributed by atoms with van der Waals surface area (Å²) in [6.45, 7) is 4.08. The molecule has 0 bridgehead atoms. The summed E-state index contributed by atoms with van der Waals surface area (Å²) in [4.78, 5) is 20.1. The number of hydrogen-bond acceptors (Lipinski definition) is 5. The summed E-state index contributed by atoms with van der Waals surface area (Å²) in [6, 6.07) is 57.1. The van der Waals surface area contributed by atoms with E-state index in [-0.39, 0.29) is 0 Å². The summed E-state index contributed by atoms with van der Waals surface area (Å²) in [5.41, 5.74) is 22.1. The van der Waals surface area contributed by atoms with Gasteiger partial charge in [-0.3, -0.25) is 9.97 Å². The first-order valence-corrected chi connectivity index (χ1v) is 18.4. The molecule has 0 unspecified atom stereocenters. The van der Waals surface area contributed by atoms with Gasteiger partial charge in [0.2, 0.25) is 0 Å². The second kappa shape index (κ2) is 14.3. The molecule has 0 atom stereocenters. The Balaban J connectivity index is 1.10. The topological polar surface area (TPSA) is 77.6 Å². The van der Waals surface area contributed by atoms with Gasteiger partial charge in [0.05, 0.1) is 22.4 Å². The van der Waals surface area contributed by atoms with E-state index in [1.54, 1.807) is 6.20 Å². The van der Waals surface area contributed by atoms with Crippen molar-refractivity contribution >= 4 is 27.9 Å². The van der Waals surface area contributed by atoms with Gasteiger partial charge in [-0.2, -0.15) is 0 Å². The van der Waals surface area contributed by atoms with Gasteiger partial charge in [0.1, 0.15) is 0 Å². The molecule has 3 aromatic heterocycles. The zero-order valence-electron chi connectivity index (χ0n) is 30.6. The molecule has 5 heteroatoms. The SMILES string of the molecule is Cc1ccc2ccc3c(-c4ccc(-c5cccc(-c6cc(-c7ccccc7)nc(-c7cccc(-c8ccccc8/C=C\N)c7)n6)c5)cc4)cc(C)nc3c2n1. The van der Waals surface area contributed by atoms with Crippen LogP contribution in [0.15, 0.2) is 170 Å². The van der Waals surface area contributed by atoms with Crippen molar-refractivity contribution in [2.75, 3.05) is 0 Å². The number of pyridine rings is 2. The summed E-state index contributed by atoms with van der Waals surface area (Å²) in [6.07, 6.45) is 3.50. The molecule has 5 nitrogen and oxygen atoms in total. The first-order valence-electron chi connectivity index (χ1n) is 18.4. The molecule has 2 N–H and O–H groups in total. The molecule has 0 saturated carbocycles. The lowest BCUT2D eigenvalue weighted by Crippen LogP contribution is -1.96. The maximum absolute atomic E-state index is 5.79. The highest BCUT2D eigenvalue weighted by molar-refractivity contribution is 6.08. The van der Waals surface area contributed by atoms with Gasteiger partial charge in [-0.25, -0.2) is 9.97 Å². The normalized spacial score (nSPS) is 11.5. The van der Waals surface area contributed by atoms with Gasteiger partial charge in [0.15, 0.2) is 5.82 Å². The quantitative estimate of drug-likeness (QED) is 0.167. The van der Waals surface area contributed by atoms with E-state index in [0.29, 0.717) is 5.82 Å². The van der Waals surface area contributed by atoms with Gasteiger partial charge in [-0.1, -0.05) is 133 Å². The van der Waals surface area contributed by atoms with E-state index in [9.17, 15) is 0 Å². The van der Waals surface area contributed by atoms with Crippen LogP contribution in [0.4, 0.5) is 0 Å². The van der Waals surface area contributed by atoms with Crippen molar-refractivity contribution in [2.24, 2.45) is 5.73 Å². The Hall–Kier alpha value is -7.24. The Morgan fingerprint density at radius 3 is 1.87 bits per heavy atom. The molecule has 3 heterocycles. The van der Waals surface area contributed by atoms with E-state index >= 15 is 0 Å². The predicted octanol–water partition coefficient (Wildman–Crippen LogP) is 12.1. The lowest BCUT2D eigenvalue weighted by Gasteiger charge is -2.13. The van der Waals surface area contributed by atoms with E-state index in [1.807, 2.05) is 49.4 Å². The fraction of sp³-hybridized carbons (Fsp3) is 0.0400. The predicted molar refractivity (Wildman–Crippen MR) is 228 cm³/mol. The molecule has 0 spiro atoms. The van der Waals surface area contributed by atoms with Crippen LogP contribution in [-0.4, -0.2) is 19.9 Å². The summed E-state index contributed by atoms with van der Waals surface area (Å²) < 4.78 is 0. The van der Waals surface area contributed by atoms with Crippen molar-refractivity contribution in [1.82, 2.24) is 19.9 Å². The number of nitrogens with zero attached hydrogens (tertiary/aromatic N) is 4. The van der Waals surface area contributed by atoms with Gasteiger partial charge in [-0.15, -0.1) is 0 Å². The van der Waals surface area contributed by atoms with Gasteiger partial charge in [0, 0.05) is 38.9 Å². The molecule has 0 saturated heterocycles. The third-order valence-corrected chi connectivity index (χ3v) is 10.1. The fourth-order valence-corrected chi connectivity index (χ4v) is 7.35. The molecule has 0 amide bonds. The molecule has 0 radical (unpaired) electrons. The lowest BCUT2D eigenvalue weighted by molar-refractivity contribution is 1.18. The van der Waals surface area contributed by atoms with Crippen molar-refractivity contribution in [3.05, 3.63) is 187 Å². The van der Waals surface area contributed by atoms with Crippen molar-refractivity contribution in [1.29, 1.82) is 0 Å². The van der Waals surface area contributed by atoms with Crippen molar-refractivity contribution in [3.63, 3.8) is 0 Å². The molecule has 262 valence electrons. The van der Waals surface area contributed by atoms with Crippen LogP contribution < -0.4 is 5.73 Å². The minimum absolute atomic E-state index is 0.665. The number of fused-ring (bicyclic) bond motifs is 3. The Labute approximate surface area is 320 Å². The molecule has 55 heavy (non-hydrogen) atoms. The van der Waals surface area contributed by atoms with Crippen LogP contribution in [0, 0.1) is 13.8 Å². The molecular weight excluding hydrogens is 671 g/mol. The van der Waals surface area contributed by atoms with Gasteiger partial charge in [-0.05, 0) is 95.4 Å². The monoisotopic (exact) mass is 707 g/mol. The average molecular weight is 708 g/mol. The third kappa shape index (κ3) is 6.64. The smallest absolute Gasteiger partial charge is 0.160 e. The van der Waals surface area contributed by atoms with Crippen LogP contribution in [0.25, 0.3) is 95.2 Å². The molecular formula is C50H37N5. The van der Waals surface area contributed by atoms with Crippen LogP contribution in [0.3, 0.4) is 0 Å². The van der Waals surface area contributed by atoms with E-state index in [4.69, 9.17) is 25.7 Å². The minimum Gasteiger partial charge on any atom is -0.405 e. The van der Waals surface area contributed by atoms with E-state index in [1.165, 1.54) is 0 Å². The summed E-state index contributed by atoms with van der Waals surface area (Å²) in [5, 5.41) is 2.20. The number of aryl methyl sites for hydroxylation is 2. The van der Waals surface area contributed by atoms with Crippen LogP contribution in [0.5, 0.6) is 0 Å². The number of benzene rings is 6. The minimum atomic E-state index is 0.665.